The number of benzene rings is 1. The summed E-state index contributed by atoms with van der Waals surface area (Å²) >= 11 is 1.85. The summed E-state index contributed by atoms with van der Waals surface area (Å²) in [6.07, 6.45) is 1.55. The molecular weight excluding hydrogens is 220 g/mol. The standard InChI is InChI=1S/C13H16O2S/c1-2-15-13(14)8-10-7-11-5-3-4-6-12(11)16-9-10/h3-6,10H,2,7-9H2,1H3. The maximum Gasteiger partial charge on any atom is 0.306 e. The van der Waals surface area contributed by atoms with Crippen molar-refractivity contribution in [2.75, 3.05) is 12.4 Å². The van der Waals surface area contributed by atoms with Crippen molar-refractivity contribution in [2.45, 2.75) is 24.7 Å². The van der Waals surface area contributed by atoms with Gasteiger partial charge in [-0.3, -0.25) is 4.79 Å². The van der Waals surface area contributed by atoms with Crippen LogP contribution >= 0.6 is 11.8 Å². The molecule has 0 fully saturated rings. The van der Waals surface area contributed by atoms with Crippen LogP contribution in [-0.4, -0.2) is 18.3 Å². The van der Waals surface area contributed by atoms with Crippen LogP contribution in [0.5, 0.6) is 0 Å². The highest BCUT2D eigenvalue weighted by atomic mass is 32.2. The third-order valence-electron chi connectivity index (χ3n) is 2.72. The van der Waals surface area contributed by atoms with Crippen molar-refractivity contribution in [1.29, 1.82) is 0 Å². The smallest absolute Gasteiger partial charge is 0.306 e. The summed E-state index contributed by atoms with van der Waals surface area (Å²) in [5.74, 6) is 1.39. The molecule has 1 heterocycles. The van der Waals surface area contributed by atoms with E-state index in [0.717, 1.165) is 12.2 Å². The van der Waals surface area contributed by atoms with Gasteiger partial charge in [-0.05, 0) is 30.9 Å². The maximum atomic E-state index is 11.4. The van der Waals surface area contributed by atoms with Crippen molar-refractivity contribution in [3.8, 4) is 0 Å². The molecule has 0 bridgehead atoms. The zero-order valence-corrected chi connectivity index (χ0v) is 10.3. The Balaban J connectivity index is 1.95. The Bertz CT molecular complexity index is 376. The van der Waals surface area contributed by atoms with Gasteiger partial charge < -0.3 is 4.74 Å². The summed E-state index contributed by atoms with van der Waals surface area (Å²) in [6.45, 7) is 2.33. The van der Waals surface area contributed by atoms with Gasteiger partial charge in [-0.2, -0.15) is 0 Å². The van der Waals surface area contributed by atoms with E-state index in [9.17, 15) is 4.79 Å². The summed E-state index contributed by atoms with van der Waals surface area (Å²) in [7, 11) is 0. The van der Waals surface area contributed by atoms with Crippen LogP contribution in [0, 0.1) is 5.92 Å². The van der Waals surface area contributed by atoms with Crippen molar-refractivity contribution in [2.24, 2.45) is 5.92 Å². The average Bonchev–Trinajstić information content (AvgIpc) is 2.29. The Kier molecular flexibility index (Phi) is 3.88. The second-order valence-corrected chi connectivity index (χ2v) is 5.06. The molecule has 0 saturated carbocycles. The van der Waals surface area contributed by atoms with Gasteiger partial charge in [0, 0.05) is 17.1 Å². The van der Waals surface area contributed by atoms with Crippen LogP contribution in [0.25, 0.3) is 0 Å². The maximum absolute atomic E-state index is 11.4. The molecule has 1 aromatic carbocycles. The molecule has 3 heteroatoms. The first-order chi connectivity index (χ1) is 7.79. The molecule has 0 spiro atoms. The number of ether oxygens (including phenoxy) is 1. The van der Waals surface area contributed by atoms with Gasteiger partial charge in [-0.25, -0.2) is 0 Å². The summed E-state index contributed by atoms with van der Waals surface area (Å²) in [5, 5.41) is 0. The molecule has 0 saturated heterocycles. The van der Waals surface area contributed by atoms with E-state index in [-0.39, 0.29) is 5.97 Å². The topological polar surface area (TPSA) is 26.3 Å². The van der Waals surface area contributed by atoms with Crippen LogP contribution in [0.4, 0.5) is 0 Å². The highest BCUT2D eigenvalue weighted by Gasteiger charge is 2.21. The molecule has 0 N–H and O–H groups in total. The van der Waals surface area contributed by atoms with Gasteiger partial charge in [0.15, 0.2) is 0 Å². The normalized spacial score (nSPS) is 18.9. The fraction of sp³-hybridized carbons (Fsp3) is 0.462. The van der Waals surface area contributed by atoms with Crippen molar-refractivity contribution in [3.63, 3.8) is 0 Å². The van der Waals surface area contributed by atoms with Crippen molar-refractivity contribution < 1.29 is 9.53 Å². The summed E-state index contributed by atoms with van der Waals surface area (Å²) in [6, 6.07) is 8.43. The lowest BCUT2D eigenvalue weighted by molar-refractivity contribution is -0.144. The van der Waals surface area contributed by atoms with E-state index in [2.05, 4.69) is 24.3 Å². The number of carbonyl (C=O) groups excluding carboxylic acids is 1. The monoisotopic (exact) mass is 236 g/mol. The second kappa shape index (κ2) is 5.39. The van der Waals surface area contributed by atoms with Crippen LogP contribution in [0.2, 0.25) is 0 Å². The Morgan fingerprint density at radius 3 is 3.12 bits per heavy atom. The quantitative estimate of drug-likeness (QED) is 0.755. The number of thioether (sulfide) groups is 1. The summed E-state index contributed by atoms with van der Waals surface area (Å²) in [4.78, 5) is 12.8. The molecule has 1 unspecified atom stereocenters. The molecule has 2 nitrogen and oxygen atoms in total. The van der Waals surface area contributed by atoms with E-state index in [0.29, 0.717) is 18.9 Å². The fourth-order valence-corrected chi connectivity index (χ4v) is 3.14. The van der Waals surface area contributed by atoms with E-state index >= 15 is 0 Å². The van der Waals surface area contributed by atoms with Crippen LogP contribution in [0.15, 0.2) is 29.2 Å². The molecule has 1 aliphatic heterocycles. The van der Waals surface area contributed by atoms with Crippen LogP contribution in [-0.2, 0) is 16.0 Å². The van der Waals surface area contributed by atoms with Gasteiger partial charge in [-0.1, -0.05) is 18.2 Å². The highest BCUT2D eigenvalue weighted by Crippen LogP contribution is 2.33. The lowest BCUT2D eigenvalue weighted by atomic mass is 9.97. The van der Waals surface area contributed by atoms with Gasteiger partial charge >= 0.3 is 5.97 Å². The molecule has 1 atom stereocenters. The Labute approximate surface area is 100 Å². The number of rotatable bonds is 3. The first-order valence-electron chi connectivity index (χ1n) is 5.66. The molecule has 1 aromatic rings. The fourth-order valence-electron chi connectivity index (χ4n) is 1.98. The lowest BCUT2D eigenvalue weighted by Crippen LogP contribution is -2.18. The van der Waals surface area contributed by atoms with Crippen LogP contribution in [0.3, 0.4) is 0 Å². The number of hydrogen-bond acceptors (Lipinski definition) is 3. The predicted molar refractivity (Wildman–Crippen MR) is 65.6 cm³/mol. The number of esters is 1. The van der Waals surface area contributed by atoms with Gasteiger partial charge in [0.25, 0.3) is 0 Å². The lowest BCUT2D eigenvalue weighted by Gasteiger charge is -2.23. The first-order valence-corrected chi connectivity index (χ1v) is 6.64. The van der Waals surface area contributed by atoms with Crippen LogP contribution < -0.4 is 0 Å². The van der Waals surface area contributed by atoms with Gasteiger partial charge in [0.05, 0.1) is 6.61 Å². The molecule has 0 amide bonds. The minimum atomic E-state index is -0.0625. The first kappa shape index (κ1) is 11.5. The van der Waals surface area contributed by atoms with E-state index in [1.807, 2.05) is 18.7 Å². The van der Waals surface area contributed by atoms with E-state index in [1.165, 1.54) is 10.5 Å². The molecular formula is C13H16O2S. The SMILES string of the molecule is CCOC(=O)CC1CSc2ccccc2C1. The van der Waals surface area contributed by atoms with Crippen molar-refractivity contribution in [3.05, 3.63) is 29.8 Å². The second-order valence-electron chi connectivity index (χ2n) is 4.00. The molecule has 0 aromatic heterocycles. The number of carbonyl (C=O) groups is 1. The number of fused-ring (bicyclic) bond motifs is 1. The molecule has 0 aliphatic carbocycles. The Hall–Kier alpha value is -0.960. The van der Waals surface area contributed by atoms with E-state index in [4.69, 9.17) is 4.74 Å². The Morgan fingerprint density at radius 2 is 2.31 bits per heavy atom. The van der Waals surface area contributed by atoms with Crippen LogP contribution in [0.1, 0.15) is 18.9 Å². The summed E-state index contributed by atoms with van der Waals surface area (Å²) in [5.41, 5.74) is 1.37. The number of hydrogen-bond donors (Lipinski definition) is 0. The van der Waals surface area contributed by atoms with E-state index in [1.54, 1.807) is 0 Å². The molecule has 1 aliphatic rings. The van der Waals surface area contributed by atoms with Crippen molar-refractivity contribution >= 4 is 17.7 Å². The third kappa shape index (κ3) is 2.79. The summed E-state index contributed by atoms with van der Waals surface area (Å²) < 4.78 is 4.98. The highest BCUT2D eigenvalue weighted by molar-refractivity contribution is 7.99. The zero-order valence-electron chi connectivity index (χ0n) is 9.44. The van der Waals surface area contributed by atoms with Gasteiger partial charge in [-0.15, -0.1) is 11.8 Å². The Morgan fingerprint density at radius 1 is 1.50 bits per heavy atom. The average molecular weight is 236 g/mol. The predicted octanol–water partition coefficient (Wildman–Crippen LogP) is 2.90. The molecule has 0 radical (unpaired) electrons. The third-order valence-corrected chi connectivity index (χ3v) is 4.06. The molecule has 16 heavy (non-hydrogen) atoms. The molecule has 2 rings (SSSR count). The largest absolute Gasteiger partial charge is 0.466 e. The minimum Gasteiger partial charge on any atom is -0.466 e. The minimum absolute atomic E-state index is 0.0625. The van der Waals surface area contributed by atoms with E-state index < -0.39 is 0 Å². The zero-order chi connectivity index (χ0) is 11.4. The van der Waals surface area contributed by atoms with Gasteiger partial charge in [0.2, 0.25) is 0 Å². The molecule has 86 valence electrons. The van der Waals surface area contributed by atoms with Gasteiger partial charge in [0.1, 0.15) is 0 Å². The van der Waals surface area contributed by atoms with Crippen molar-refractivity contribution in [1.82, 2.24) is 0 Å².